The summed E-state index contributed by atoms with van der Waals surface area (Å²) >= 11 is 0. The summed E-state index contributed by atoms with van der Waals surface area (Å²) < 4.78 is 31.5. The third-order valence-electron chi connectivity index (χ3n) is 7.97. The van der Waals surface area contributed by atoms with Crippen LogP contribution < -0.4 is 21.9 Å². The molecular formula is C31H32F2N6O5. The second kappa shape index (κ2) is 12.8. The highest BCUT2D eigenvalue weighted by molar-refractivity contribution is 5.50. The zero-order valence-corrected chi connectivity index (χ0v) is 24.0. The molecule has 0 unspecified atom stereocenters. The minimum absolute atomic E-state index is 0.00730. The van der Waals surface area contributed by atoms with Gasteiger partial charge in [-0.15, -0.1) is 0 Å². The normalized spacial score (nSPS) is 14.5. The highest BCUT2D eigenvalue weighted by atomic mass is 19.1. The third kappa shape index (κ3) is 6.24. The maximum atomic E-state index is 14.7. The largest absolute Gasteiger partial charge is 0.508 e. The average Bonchev–Trinajstić information content (AvgIpc) is 3.00. The minimum Gasteiger partial charge on any atom is -0.508 e. The summed E-state index contributed by atoms with van der Waals surface area (Å²) in [5.74, 6) is -1.73. The Morgan fingerprint density at radius 3 is 2.25 bits per heavy atom. The van der Waals surface area contributed by atoms with E-state index in [-0.39, 0.29) is 34.9 Å². The van der Waals surface area contributed by atoms with Crippen LogP contribution in [0.4, 0.5) is 20.2 Å². The summed E-state index contributed by atoms with van der Waals surface area (Å²) in [7, 11) is 0. The van der Waals surface area contributed by atoms with Crippen molar-refractivity contribution in [2.75, 3.05) is 31.1 Å². The molecule has 1 aliphatic heterocycles. The molecule has 3 N–H and O–H groups in total. The molecule has 230 valence electrons. The molecule has 0 saturated carbocycles. The summed E-state index contributed by atoms with van der Waals surface area (Å²) in [5.41, 5.74) is 6.24. The van der Waals surface area contributed by atoms with Crippen LogP contribution >= 0.6 is 0 Å². The molecule has 2 heterocycles. The van der Waals surface area contributed by atoms with Gasteiger partial charge in [0.1, 0.15) is 23.1 Å². The van der Waals surface area contributed by atoms with E-state index in [9.17, 15) is 33.6 Å². The predicted molar refractivity (Wildman–Crippen MR) is 161 cm³/mol. The number of piperazine rings is 1. The van der Waals surface area contributed by atoms with Crippen molar-refractivity contribution in [3.63, 3.8) is 0 Å². The van der Waals surface area contributed by atoms with E-state index in [4.69, 9.17) is 5.73 Å². The Labute approximate surface area is 251 Å². The fraction of sp³-hybridized carbons (Fsp3) is 0.290. The van der Waals surface area contributed by atoms with E-state index in [1.54, 1.807) is 31.2 Å². The first-order valence-corrected chi connectivity index (χ1v) is 14.1. The molecule has 3 aromatic carbocycles. The van der Waals surface area contributed by atoms with E-state index < -0.39 is 40.4 Å². The van der Waals surface area contributed by atoms with E-state index in [1.807, 2.05) is 11.0 Å². The van der Waals surface area contributed by atoms with Crippen LogP contribution in [0.15, 0.2) is 76.3 Å². The molecule has 1 atom stereocenters. The third-order valence-corrected chi connectivity index (χ3v) is 7.97. The number of para-hydroxylation sites is 1. The second-order valence-corrected chi connectivity index (χ2v) is 10.8. The van der Waals surface area contributed by atoms with Gasteiger partial charge in [0.25, 0.3) is 11.2 Å². The van der Waals surface area contributed by atoms with Crippen LogP contribution in [0.2, 0.25) is 0 Å². The number of benzene rings is 3. The molecule has 1 aliphatic rings. The predicted octanol–water partition coefficient (Wildman–Crippen LogP) is 3.28. The van der Waals surface area contributed by atoms with Gasteiger partial charge >= 0.3 is 5.69 Å². The van der Waals surface area contributed by atoms with E-state index >= 15 is 0 Å². The molecule has 1 aromatic heterocycles. The Hall–Kier alpha value is -4.88. The quantitative estimate of drug-likeness (QED) is 0.219. The monoisotopic (exact) mass is 606 g/mol. The number of rotatable bonds is 9. The topological polar surface area (TPSA) is 140 Å². The lowest BCUT2D eigenvalue weighted by Crippen LogP contribution is -2.51. The van der Waals surface area contributed by atoms with Crippen molar-refractivity contribution in [1.29, 1.82) is 0 Å². The van der Waals surface area contributed by atoms with E-state index in [2.05, 4.69) is 4.90 Å². The van der Waals surface area contributed by atoms with Crippen LogP contribution in [0.25, 0.3) is 0 Å². The molecular weight excluding hydrogens is 574 g/mol. The number of nitrogens with two attached hydrogens (primary N) is 1. The standard InChI is InChI=1S/C31H32F2N6O5/c1-20-29(36-14-12-35(13-15-36)17-21-6-4-7-22(16-21)39(43)44)30(41)38(19-27(34)23-8-2-3-11-28(23)40)31(42)37(20)18-24-25(32)9-5-10-26(24)33/h2-11,16,27,40H,12-15,17-19,34H2,1H3/t27-/m0/s1. The van der Waals surface area contributed by atoms with Crippen molar-refractivity contribution in [2.24, 2.45) is 5.73 Å². The number of aromatic hydroxyl groups is 1. The van der Waals surface area contributed by atoms with Crippen LogP contribution in [0.5, 0.6) is 5.75 Å². The fourth-order valence-corrected chi connectivity index (χ4v) is 5.59. The van der Waals surface area contributed by atoms with Gasteiger partial charge in [-0.05, 0) is 30.7 Å². The maximum absolute atomic E-state index is 14.7. The SMILES string of the molecule is Cc1c(N2CCN(Cc3cccc([N+](=O)[O-])c3)CC2)c(=O)n(C[C@H](N)c2ccccc2O)c(=O)n1Cc1c(F)cccc1F. The van der Waals surface area contributed by atoms with Gasteiger partial charge in [-0.3, -0.25) is 28.9 Å². The zero-order chi connectivity index (χ0) is 31.5. The van der Waals surface area contributed by atoms with Gasteiger partial charge in [-0.1, -0.05) is 36.4 Å². The number of aromatic nitrogens is 2. The molecule has 11 nitrogen and oxygen atoms in total. The maximum Gasteiger partial charge on any atom is 0.331 e. The number of hydrogen-bond donors (Lipinski definition) is 2. The molecule has 5 rings (SSSR count). The molecule has 0 bridgehead atoms. The number of nitrogens with zero attached hydrogens (tertiary/aromatic N) is 5. The van der Waals surface area contributed by atoms with Crippen molar-refractivity contribution in [3.05, 3.63) is 132 Å². The Balaban J connectivity index is 1.49. The number of non-ortho nitro benzene ring substituents is 1. The smallest absolute Gasteiger partial charge is 0.331 e. The lowest BCUT2D eigenvalue weighted by atomic mass is 10.1. The first kappa shape index (κ1) is 30.6. The van der Waals surface area contributed by atoms with Gasteiger partial charge in [0, 0.05) is 61.7 Å². The van der Waals surface area contributed by atoms with Crippen molar-refractivity contribution < 1.29 is 18.8 Å². The van der Waals surface area contributed by atoms with Gasteiger partial charge in [-0.2, -0.15) is 0 Å². The summed E-state index contributed by atoms with van der Waals surface area (Å²) in [4.78, 5) is 42.3. The molecule has 0 aliphatic carbocycles. The summed E-state index contributed by atoms with van der Waals surface area (Å²) in [6, 6.07) is 15.2. The van der Waals surface area contributed by atoms with Crippen LogP contribution in [0.3, 0.4) is 0 Å². The van der Waals surface area contributed by atoms with Crippen molar-refractivity contribution in [2.45, 2.75) is 32.6 Å². The molecule has 44 heavy (non-hydrogen) atoms. The van der Waals surface area contributed by atoms with Gasteiger partial charge in [0.15, 0.2) is 0 Å². The molecule has 0 radical (unpaired) electrons. The number of nitro benzene ring substituents is 1. The molecule has 4 aromatic rings. The van der Waals surface area contributed by atoms with E-state index in [0.29, 0.717) is 38.3 Å². The summed E-state index contributed by atoms with van der Waals surface area (Å²) in [5, 5.41) is 21.5. The van der Waals surface area contributed by atoms with Crippen molar-refractivity contribution >= 4 is 11.4 Å². The fourth-order valence-electron chi connectivity index (χ4n) is 5.59. The van der Waals surface area contributed by atoms with Crippen LogP contribution in [-0.2, 0) is 19.6 Å². The first-order valence-electron chi connectivity index (χ1n) is 14.1. The first-order chi connectivity index (χ1) is 21.0. The number of halogens is 2. The van der Waals surface area contributed by atoms with Crippen LogP contribution in [0.1, 0.15) is 28.4 Å². The average molecular weight is 607 g/mol. The number of phenolic OH excluding ortho intramolecular Hbond substituents is 1. The Morgan fingerprint density at radius 1 is 0.932 bits per heavy atom. The Kier molecular flexibility index (Phi) is 8.88. The van der Waals surface area contributed by atoms with Gasteiger partial charge in [-0.25, -0.2) is 13.6 Å². The van der Waals surface area contributed by atoms with E-state index in [0.717, 1.165) is 22.3 Å². The lowest BCUT2D eigenvalue weighted by molar-refractivity contribution is -0.384. The number of hydrogen-bond acceptors (Lipinski definition) is 8. The molecule has 0 spiro atoms. The summed E-state index contributed by atoms with van der Waals surface area (Å²) in [6.45, 7) is 3.12. The Morgan fingerprint density at radius 2 is 1.59 bits per heavy atom. The van der Waals surface area contributed by atoms with Gasteiger partial charge in [0.05, 0.1) is 24.1 Å². The highest BCUT2D eigenvalue weighted by Crippen LogP contribution is 2.24. The summed E-state index contributed by atoms with van der Waals surface area (Å²) in [6.07, 6.45) is 0. The second-order valence-electron chi connectivity index (χ2n) is 10.8. The lowest BCUT2D eigenvalue weighted by Gasteiger charge is -2.37. The van der Waals surface area contributed by atoms with Crippen LogP contribution in [-0.4, -0.2) is 50.2 Å². The highest BCUT2D eigenvalue weighted by Gasteiger charge is 2.27. The minimum atomic E-state index is -0.928. The zero-order valence-electron chi connectivity index (χ0n) is 24.0. The van der Waals surface area contributed by atoms with E-state index in [1.165, 1.54) is 28.8 Å². The van der Waals surface area contributed by atoms with Crippen molar-refractivity contribution in [1.82, 2.24) is 14.0 Å². The molecule has 0 amide bonds. The van der Waals surface area contributed by atoms with Gasteiger partial charge in [0.2, 0.25) is 0 Å². The van der Waals surface area contributed by atoms with Crippen LogP contribution in [0, 0.1) is 28.7 Å². The molecule has 1 saturated heterocycles. The van der Waals surface area contributed by atoms with Crippen molar-refractivity contribution in [3.8, 4) is 5.75 Å². The molecule has 13 heteroatoms. The number of phenols is 1. The van der Waals surface area contributed by atoms with Gasteiger partial charge < -0.3 is 15.7 Å². The Bertz CT molecular complexity index is 1800. The number of anilines is 1. The number of nitro groups is 1. The molecule has 1 fully saturated rings.